The molecule has 34 heavy (non-hydrogen) atoms. The summed E-state index contributed by atoms with van der Waals surface area (Å²) < 4.78 is 16.2. The molecule has 0 N–H and O–H groups in total. The Morgan fingerprint density at radius 3 is 1.85 bits per heavy atom. The van der Waals surface area contributed by atoms with E-state index < -0.39 is 11.9 Å². The van der Waals surface area contributed by atoms with Gasteiger partial charge in [-0.05, 0) is 67.8 Å². The summed E-state index contributed by atoms with van der Waals surface area (Å²) in [4.78, 5) is 23.7. The number of ether oxygens (including phenoxy) is 3. The van der Waals surface area contributed by atoms with Gasteiger partial charge in [-0.2, -0.15) is 0 Å². The molecule has 182 valence electrons. The minimum absolute atomic E-state index is 0.159. The largest absolute Gasteiger partial charge is 0.494 e. The average molecular weight is 465 g/mol. The molecule has 0 fully saturated rings. The minimum Gasteiger partial charge on any atom is -0.494 e. The van der Waals surface area contributed by atoms with Crippen molar-refractivity contribution >= 4 is 24.1 Å². The third kappa shape index (κ3) is 11.5. The summed E-state index contributed by atoms with van der Waals surface area (Å²) in [5.41, 5.74) is 1.69. The standard InChI is InChI=1S/C29H36O5/c1-4-5-6-7-8-9-22-32-26-16-10-24(11-17-26)15-21-29(31)34-27-18-12-25(13-19-27)14-20-28(30)33-23(2)3/h10-21,23H,4-9,22H2,1-3H3/b20-14+,21-15+. The summed E-state index contributed by atoms with van der Waals surface area (Å²) in [6.07, 6.45) is 13.4. The number of carbonyl (C=O) groups is 2. The van der Waals surface area contributed by atoms with Gasteiger partial charge in [0.1, 0.15) is 11.5 Å². The highest BCUT2D eigenvalue weighted by Crippen LogP contribution is 2.16. The van der Waals surface area contributed by atoms with Crippen molar-refractivity contribution in [3.63, 3.8) is 0 Å². The van der Waals surface area contributed by atoms with E-state index in [9.17, 15) is 9.59 Å². The van der Waals surface area contributed by atoms with Crippen LogP contribution in [0.4, 0.5) is 0 Å². The Morgan fingerprint density at radius 2 is 1.26 bits per heavy atom. The molecule has 2 aromatic carbocycles. The number of hydrogen-bond donors (Lipinski definition) is 0. The van der Waals surface area contributed by atoms with Gasteiger partial charge in [-0.25, -0.2) is 9.59 Å². The van der Waals surface area contributed by atoms with Crippen LogP contribution in [0.5, 0.6) is 11.5 Å². The highest BCUT2D eigenvalue weighted by Gasteiger charge is 2.02. The lowest BCUT2D eigenvalue weighted by Gasteiger charge is -2.06. The number of rotatable bonds is 14. The normalized spacial score (nSPS) is 11.3. The van der Waals surface area contributed by atoms with Gasteiger partial charge >= 0.3 is 11.9 Å². The zero-order valence-corrected chi connectivity index (χ0v) is 20.5. The van der Waals surface area contributed by atoms with E-state index in [4.69, 9.17) is 14.2 Å². The lowest BCUT2D eigenvalue weighted by atomic mass is 10.1. The minimum atomic E-state index is -0.466. The fourth-order valence-corrected chi connectivity index (χ4v) is 3.14. The predicted octanol–water partition coefficient (Wildman–Crippen LogP) is 7.01. The summed E-state index contributed by atoms with van der Waals surface area (Å²) >= 11 is 0. The van der Waals surface area contributed by atoms with Gasteiger partial charge in [0, 0.05) is 12.2 Å². The molecule has 0 unspecified atom stereocenters. The summed E-state index contributed by atoms with van der Waals surface area (Å²) in [5.74, 6) is 0.398. The van der Waals surface area contributed by atoms with Gasteiger partial charge in [-0.15, -0.1) is 0 Å². The van der Waals surface area contributed by atoms with Crippen molar-refractivity contribution in [2.45, 2.75) is 65.4 Å². The molecule has 0 heterocycles. The molecule has 0 bridgehead atoms. The Kier molecular flexibility index (Phi) is 12.3. The molecule has 0 aliphatic rings. The first-order chi connectivity index (χ1) is 16.5. The van der Waals surface area contributed by atoms with Gasteiger partial charge in [0.05, 0.1) is 12.7 Å². The van der Waals surface area contributed by atoms with Crippen LogP contribution in [0.15, 0.2) is 60.7 Å². The average Bonchev–Trinajstić information content (AvgIpc) is 2.82. The van der Waals surface area contributed by atoms with Gasteiger partial charge in [-0.1, -0.05) is 63.3 Å². The number of hydrogen-bond acceptors (Lipinski definition) is 5. The Morgan fingerprint density at radius 1 is 0.735 bits per heavy atom. The molecule has 2 rings (SSSR count). The zero-order valence-electron chi connectivity index (χ0n) is 20.5. The summed E-state index contributed by atoms with van der Waals surface area (Å²) in [5, 5.41) is 0. The topological polar surface area (TPSA) is 61.8 Å². The van der Waals surface area contributed by atoms with Crippen molar-refractivity contribution < 1.29 is 23.8 Å². The van der Waals surface area contributed by atoms with E-state index in [1.807, 2.05) is 24.3 Å². The molecule has 2 aromatic rings. The van der Waals surface area contributed by atoms with E-state index in [2.05, 4.69) is 6.92 Å². The van der Waals surface area contributed by atoms with Crippen LogP contribution in [-0.2, 0) is 14.3 Å². The highest BCUT2D eigenvalue weighted by atomic mass is 16.5. The molecule has 5 heteroatoms. The van der Waals surface area contributed by atoms with Crippen LogP contribution in [-0.4, -0.2) is 24.6 Å². The van der Waals surface area contributed by atoms with E-state index in [0.717, 1.165) is 29.9 Å². The van der Waals surface area contributed by atoms with Gasteiger partial charge in [0.15, 0.2) is 0 Å². The van der Waals surface area contributed by atoms with Crippen molar-refractivity contribution in [3.05, 3.63) is 71.8 Å². The highest BCUT2D eigenvalue weighted by molar-refractivity contribution is 5.89. The van der Waals surface area contributed by atoms with Crippen molar-refractivity contribution in [1.29, 1.82) is 0 Å². The van der Waals surface area contributed by atoms with E-state index >= 15 is 0 Å². The molecule has 0 spiro atoms. The van der Waals surface area contributed by atoms with Crippen LogP contribution in [0.2, 0.25) is 0 Å². The molecule has 0 amide bonds. The third-order valence-electron chi connectivity index (χ3n) is 4.92. The number of benzene rings is 2. The van der Waals surface area contributed by atoms with Crippen LogP contribution in [0.25, 0.3) is 12.2 Å². The molecular formula is C29H36O5. The molecular weight excluding hydrogens is 428 g/mol. The van der Waals surface area contributed by atoms with Crippen molar-refractivity contribution in [3.8, 4) is 11.5 Å². The van der Waals surface area contributed by atoms with E-state index in [1.165, 1.54) is 44.3 Å². The lowest BCUT2D eigenvalue weighted by Crippen LogP contribution is -2.08. The van der Waals surface area contributed by atoms with Crippen LogP contribution in [0.1, 0.15) is 70.4 Å². The Balaban J connectivity index is 1.74. The maximum absolute atomic E-state index is 12.1. The Hall–Kier alpha value is -3.34. The number of carbonyl (C=O) groups excluding carboxylic acids is 2. The summed E-state index contributed by atoms with van der Waals surface area (Å²) in [6.45, 7) is 6.54. The van der Waals surface area contributed by atoms with Crippen molar-refractivity contribution in [2.24, 2.45) is 0 Å². The lowest BCUT2D eigenvalue weighted by molar-refractivity contribution is -0.141. The maximum atomic E-state index is 12.1. The molecule has 0 aromatic heterocycles. The molecule has 0 aliphatic carbocycles. The van der Waals surface area contributed by atoms with Crippen LogP contribution >= 0.6 is 0 Å². The number of esters is 2. The van der Waals surface area contributed by atoms with Gasteiger partial charge in [-0.3, -0.25) is 0 Å². The molecule has 5 nitrogen and oxygen atoms in total. The first-order valence-electron chi connectivity index (χ1n) is 12.1. The molecule has 0 aliphatic heterocycles. The second-order valence-corrected chi connectivity index (χ2v) is 8.33. The van der Waals surface area contributed by atoms with Crippen LogP contribution in [0.3, 0.4) is 0 Å². The van der Waals surface area contributed by atoms with E-state index in [1.54, 1.807) is 50.3 Å². The predicted molar refractivity (Wildman–Crippen MR) is 137 cm³/mol. The van der Waals surface area contributed by atoms with Gasteiger partial charge < -0.3 is 14.2 Å². The summed E-state index contributed by atoms with van der Waals surface area (Å²) in [7, 11) is 0. The van der Waals surface area contributed by atoms with Crippen molar-refractivity contribution in [1.82, 2.24) is 0 Å². The summed E-state index contributed by atoms with van der Waals surface area (Å²) in [6, 6.07) is 14.5. The van der Waals surface area contributed by atoms with Crippen LogP contribution in [0, 0.1) is 0 Å². The zero-order chi connectivity index (χ0) is 24.6. The Bertz CT molecular complexity index is 924. The van der Waals surface area contributed by atoms with E-state index in [-0.39, 0.29) is 6.10 Å². The maximum Gasteiger partial charge on any atom is 0.336 e. The second kappa shape index (κ2) is 15.5. The van der Waals surface area contributed by atoms with Gasteiger partial charge in [0.25, 0.3) is 0 Å². The van der Waals surface area contributed by atoms with E-state index in [0.29, 0.717) is 5.75 Å². The molecule has 0 saturated heterocycles. The first kappa shape index (κ1) is 26.9. The fraction of sp³-hybridized carbons (Fsp3) is 0.379. The smallest absolute Gasteiger partial charge is 0.336 e. The van der Waals surface area contributed by atoms with Crippen LogP contribution < -0.4 is 9.47 Å². The third-order valence-corrected chi connectivity index (χ3v) is 4.92. The van der Waals surface area contributed by atoms with Gasteiger partial charge in [0.2, 0.25) is 0 Å². The second-order valence-electron chi connectivity index (χ2n) is 8.33. The monoisotopic (exact) mass is 464 g/mol. The Labute approximate surface area is 203 Å². The quantitative estimate of drug-likeness (QED) is 0.130. The molecule has 0 radical (unpaired) electrons. The first-order valence-corrected chi connectivity index (χ1v) is 12.1. The molecule has 0 atom stereocenters. The fourth-order valence-electron chi connectivity index (χ4n) is 3.14. The van der Waals surface area contributed by atoms with Crippen molar-refractivity contribution in [2.75, 3.05) is 6.61 Å². The molecule has 0 saturated carbocycles. The number of unbranched alkanes of at least 4 members (excludes halogenated alkanes) is 5. The SMILES string of the molecule is CCCCCCCCOc1ccc(/C=C/C(=O)Oc2ccc(/C=C/C(=O)OC(C)C)cc2)cc1.